The third-order valence-corrected chi connectivity index (χ3v) is 5.53. The van der Waals surface area contributed by atoms with Gasteiger partial charge in [-0.3, -0.25) is 9.59 Å². The fourth-order valence-corrected chi connectivity index (χ4v) is 3.99. The van der Waals surface area contributed by atoms with Crippen LogP contribution in [-0.4, -0.2) is 41.5 Å². The van der Waals surface area contributed by atoms with E-state index in [-0.39, 0.29) is 76.9 Å². The summed E-state index contributed by atoms with van der Waals surface area (Å²) in [5.41, 5.74) is 1.36. The van der Waals surface area contributed by atoms with E-state index in [1.807, 2.05) is 13.8 Å². The normalized spacial score (nSPS) is 16.9. The van der Waals surface area contributed by atoms with Crippen LogP contribution < -0.4 is 5.32 Å². The number of aromatic nitrogens is 1. The van der Waals surface area contributed by atoms with Crippen molar-refractivity contribution in [1.29, 1.82) is 0 Å². The molecule has 34 heavy (non-hydrogen) atoms. The number of Topliss-reactive ketones (excluding diaryl/α,β-unsaturated/α-hetero) is 1. The van der Waals surface area contributed by atoms with Crippen LogP contribution in [0.2, 0.25) is 0 Å². The lowest BCUT2D eigenvalue weighted by atomic mass is 9.90. The average molecular weight is 551 g/mol. The number of anilines is 1. The molecule has 0 spiro atoms. The van der Waals surface area contributed by atoms with Crippen molar-refractivity contribution in [2.75, 3.05) is 11.9 Å². The van der Waals surface area contributed by atoms with Gasteiger partial charge in [0, 0.05) is 23.3 Å². The minimum atomic E-state index is -0.868. The molecular formula is C22H31FN2O5S4. The molecular weight excluding hydrogens is 520 g/mol. The SMILES string of the molecule is CCOC(=O)[C@H]1O[C@@H]1C(=O)C[C@@H](CC(C)C)C(=O)Nc1nc(-c2ccc(F)cc2)cs1.S.S.S. The first-order valence-corrected chi connectivity index (χ1v) is 11.0. The first-order valence-electron chi connectivity index (χ1n) is 10.2. The van der Waals surface area contributed by atoms with Crippen LogP contribution >= 0.6 is 51.8 Å². The summed E-state index contributed by atoms with van der Waals surface area (Å²) in [5.74, 6) is -1.87. The number of thiazole rings is 1. The van der Waals surface area contributed by atoms with E-state index in [0.29, 0.717) is 17.2 Å². The predicted molar refractivity (Wildman–Crippen MR) is 145 cm³/mol. The summed E-state index contributed by atoms with van der Waals surface area (Å²) in [4.78, 5) is 41.5. The van der Waals surface area contributed by atoms with Crippen LogP contribution in [0.1, 0.15) is 33.6 Å². The fraction of sp³-hybridized carbons (Fsp3) is 0.455. The summed E-state index contributed by atoms with van der Waals surface area (Å²) in [5, 5.41) is 4.95. The second-order valence-electron chi connectivity index (χ2n) is 7.76. The molecule has 2 heterocycles. The second kappa shape index (κ2) is 14.7. The molecule has 12 heteroatoms. The van der Waals surface area contributed by atoms with Crippen molar-refractivity contribution >= 4 is 74.6 Å². The minimum absolute atomic E-state index is 0. The molecule has 7 nitrogen and oxygen atoms in total. The average Bonchev–Trinajstić information content (AvgIpc) is 3.40. The number of rotatable bonds is 10. The Kier molecular flexibility index (Phi) is 14.0. The van der Waals surface area contributed by atoms with E-state index < -0.39 is 24.1 Å². The lowest BCUT2D eigenvalue weighted by Gasteiger charge is -2.17. The van der Waals surface area contributed by atoms with Gasteiger partial charge in [0.25, 0.3) is 0 Å². The van der Waals surface area contributed by atoms with Crippen molar-refractivity contribution in [2.45, 2.75) is 45.8 Å². The zero-order valence-electron chi connectivity index (χ0n) is 19.1. The van der Waals surface area contributed by atoms with Crippen molar-refractivity contribution < 1.29 is 28.2 Å². The highest BCUT2D eigenvalue weighted by molar-refractivity contribution is 7.59. The first-order chi connectivity index (χ1) is 14.8. The number of carbonyl (C=O) groups excluding carboxylic acids is 3. The number of nitrogens with one attached hydrogen (secondary N) is 1. The summed E-state index contributed by atoms with van der Waals surface area (Å²) in [6.07, 6.45) is -1.23. The van der Waals surface area contributed by atoms with Crippen LogP contribution in [-0.2, 0) is 23.9 Å². The molecule has 3 rings (SSSR count). The number of hydrogen-bond acceptors (Lipinski definition) is 7. The highest BCUT2D eigenvalue weighted by Crippen LogP contribution is 2.30. The maximum atomic E-state index is 13.1. The van der Waals surface area contributed by atoms with Gasteiger partial charge >= 0.3 is 5.97 Å². The molecule has 0 radical (unpaired) electrons. The molecule has 190 valence electrons. The standard InChI is InChI=1S/C22H25FN2O5S.3H2S/c1-4-29-21(28)19-18(30-19)17(26)10-14(9-12(2)3)20(27)25-22-24-16(11-31-22)13-5-7-15(23)8-6-13;;;/h5-8,11-12,14,18-19H,4,9-10H2,1-3H3,(H,24,25,27);3*1H2/t14-,18-,19+;;;/m1.../s1. The van der Waals surface area contributed by atoms with Crippen molar-refractivity contribution in [3.8, 4) is 11.3 Å². The number of epoxide rings is 1. The topological polar surface area (TPSA) is 97.9 Å². The van der Waals surface area contributed by atoms with Gasteiger partial charge < -0.3 is 14.8 Å². The van der Waals surface area contributed by atoms with Crippen LogP contribution in [0, 0.1) is 17.7 Å². The molecule has 1 aliphatic heterocycles. The largest absolute Gasteiger partial charge is 0.464 e. The van der Waals surface area contributed by atoms with Gasteiger partial charge in [-0.05, 0) is 43.5 Å². The highest BCUT2D eigenvalue weighted by atomic mass is 32.1. The number of hydrogen-bond donors (Lipinski definition) is 1. The summed E-state index contributed by atoms with van der Waals surface area (Å²) in [6, 6.07) is 5.93. The molecule has 0 bridgehead atoms. The van der Waals surface area contributed by atoms with Gasteiger partial charge in [0.1, 0.15) is 5.82 Å². The number of ether oxygens (including phenoxy) is 2. The number of amides is 1. The van der Waals surface area contributed by atoms with E-state index in [1.54, 1.807) is 24.4 Å². The van der Waals surface area contributed by atoms with Gasteiger partial charge in [-0.2, -0.15) is 40.5 Å². The molecule has 1 amide bonds. The molecule has 3 atom stereocenters. The Labute approximate surface area is 223 Å². The summed E-state index contributed by atoms with van der Waals surface area (Å²) >= 11 is 1.25. The van der Waals surface area contributed by atoms with Gasteiger partial charge in [0.15, 0.2) is 23.1 Å². The smallest absolute Gasteiger partial charge is 0.338 e. The van der Waals surface area contributed by atoms with E-state index in [9.17, 15) is 18.8 Å². The monoisotopic (exact) mass is 550 g/mol. The van der Waals surface area contributed by atoms with E-state index in [2.05, 4.69) is 10.3 Å². The quantitative estimate of drug-likeness (QED) is 0.352. The molecule has 1 N–H and O–H groups in total. The number of halogens is 1. The summed E-state index contributed by atoms with van der Waals surface area (Å²) in [7, 11) is 0. The Morgan fingerprint density at radius 2 is 1.79 bits per heavy atom. The van der Waals surface area contributed by atoms with Gasteiger partial charge in [-0.15, -0.1) is 11.3 Å². The maximum Gasteiger partial charge on any atom is 0.338 e. The molecule has 1 aliphatic rings. The Balaban J connectivity index is 0.00000363. The van der Waals surface area contributed by atoms with Gasteiger partial charge in [-0.1, -0.05) is 13.8 Å². The summed E-state index contributed by atoms with van der Waals surface area (Å²) < 4.78 is 23.1. The summed E-state index contributed by atoms with van der Waals surface area (Å²) in [6.45, 7) is 5.83. The van der Waals surface area contributed by atoms with Gasteiger partial charge in [0.2, 0.25) is 5.91 Å². The zero-order valence-corrected chi connectivity index (χ0v) is 22.9. The second-order valence-corrected chi connectivity index (χ2v) is 8.62. The third-order valence-electron chi connectivity index (χ3n) is 4.78. The molecule has 1 saturated heterocycles. The first kappa shape index (κ1) is 32.4. The Hall–Kier alpha value is -1.60. The Bertz CT molecular complexity index is 955. The number of ketones is 1. The van der Waals surface area contributed by atoms with Crippen molar-refractivity contribution in [2.24, 2.45) is 11.8 Å². The highest BCUT2D eigenvalue weighted by Gasteiger charge is 2.51. The lowest BCUT2D eigenvalue weighted by Crippen LogP contribution is -2.29. The van der Waals surface area contributed by atoms with Crippen LogP contribution in [0.5, 0.6) is 0 Å². The third kappa shape index (κ3) is 8.88. The van der Waals surface area contributed by atoms with E-state index >= 15 is 0 Å². The van der Waals surface area contributed by atoms with Crippen LogP contribution in [0.15, 0.2) is 29.6 Å². The number of esters is 1. The molecule has 0 unspecified atom stereocenters. The van der Waals surface area contributed by atoms with Crippen molar-refractivity contribution in [3.05, 3.63) is 35.5 Å². The molecule has 1 aromatic carbocycles. The zero-order chi connectivity index (χ0) is 22.5. The Morgan fingerprint density at radius 3 is 2.38 bits per heavy atom. The van der Waals surface area contributed by atoms with E-state index in [4.69, 9.17) is 9.47 Å². The Morgan fingerprint density at radius 1 is 1.15 bits per heavy atom. The fourth-order valence-electron chi connectivity index (χ4n) is 3.26. The predicted octanol–water partition coefficient (Wildman–Crippen LogP) is 4.18. The van der Waals surface area contributed by atoms with Crippen LogP contribution in [0.25, 0.3) is 11.3 Å². The number of benzene rings is 1. The van der Waals surface area contributed by atoms with Crippen LogP contribution in [0.3, 0.4) is 0 Å². The van der Waals surface area contributed by atoms with E-state index in [1.165, 1.54) is 23.5 Å². The van der Waals surface area contributed by atoms with E-state index in [0.717, 1.165) is 5.56 Å². The number of carbonyl (C=O) groups is 3. The molecule has 2 aromatic rings. The molecule has 1 fully saturated rings. The minimum Gasteiger partial charge on any atom is -0.464 e. The van der Waals surface area contributed by atoms with Gasteiger partial charge in [-0.25, -0.2) is 14.2 Å². The number of nitrogens with zero attached hydrogens (tertiary/aromatic N) is 1. The maximum absolute atomic E-state index is 13.1. The molecule has 0 aliphatic carbocycles. The molecule has 0 saturated carbocycles. The van der Waals surface area contributed by atoms with Crippen molar-refractivity contribution in [3.63, 3.8) is 0 Å². The van der Waals surface area contributed by atoms with Crippen LogP contribution in [0.4, 0.5) is 9.52 Å². The lowest BCUT2D eigenvalue weighted by molar-refractivity contribution is -0.144. The van der Waals surface area contributed by atoms with Crippen molar-refractivity contribution in [1.82, 2.24) is 4.98 Å². The molecule has 1 aromatic heterocycles. The van der Waals surface area contributed by atoms with Gasteiger partial charge in [0.05, 0.1) is 12.3 Å².